The van der Waals surface area contributed by atoms with Crippen LogP contribution < -0.4 is 16.6 Å². The molecular weight excluding hydrogens is 374 g/mol. The van der Waals surface area contributed by atoms with Gasteiger partial charge in [0.15, 0.2) is 0 Å². The van der Waals surface area contributed by atoms with Crippen LogP contribution in [0.1, 0.15) is 48.9 Å². The molecule has 0 aliphatic heterocycles. The third-order valence-corrected chi connectivity index (χ3v) is 4.88. The summed E-state index contributed by atoms with van der Waals surface area (Å²) in [4.78, 5) is 23.9. The molecule has 0 saturated heterocycles. The molecule has 2 rings (SSSR count). The van der Waals surface area contributed by atoms with Crippen LogP contribution in [0, 0.1) is 5.92 Å². The van der Waals surface area contributed by atoms with E-state index in [4.69, 9.17) is 5.73 Å². The summed E-state index contributed by atoms with van der Waals surface area (Å²) < 4.78 is 0.760. The smallest absolute Gasteiger partial charge is 0.269 e. The monoisotopic (exact) mass is 397 g/mol. The Balaban J connectivity index is 1.79. The number of benzene rings is 1. The number of carbonyl (C=O) groups is 2. The maximum absolute atomic E-state index is 12.0. The molecule has 1 fully saturated rings. The number of rotatable bonds is 5. The van der Waals surface area contributed by atoms with Crippen LogP contribution in [0.2, 0.25) is 0 Å². The molecule has 1 aliphatic rings. The Bertz CT molecular complexity index is 576. The molecule has 0 aromatic heterocycles. The Kier molecular flexibility index (Phi) is 7.20. The molecule has 0 radical (unpaired) electrons. The van der Waals surface area contributed by atoms with Gasteiger partial charge in [-0.1, -0.05) is 54.1 Å². The average molecular weight is 398 g/mol. The van der Waals surface area contributed by atoms with E-state index in [2.05, 4.69) is 26.8 Å². The molecule has 0 spiro atoms. The van der Waals surface area contributed by atoms with Crippen LogP contribution in [0.15, 0.2) is 28.7 Å². The lowest BCUT2D eigenvalue weighted by atomic mass is 9.84. The number of hydrazine groups is 1. The third kappa shape index (κ3) is 5.58. The van der Waals surface area contributed by atoms with Gasteiger partial charge in [0.05, 0.1) is 0 Å². The summed E-state index contributed by atoms with van der Waals surface area (Å²) in [6.07, 6.45) is 5.09. The van der Waals surface area contributed by atoms with Crippen molar-refractivity contribution in [3.05, 3.63) is 34.3 Å². The molecule has 132 valence electrons. The van der Waals surface area contributed by atoms with E-state index in [9.17, 15) is 14.7 Å². The van der Waals surface area contributed by atoms with Crippen molar-refractivity contribution in [1.82, 2.24) is 10.9 Å². The molecule has 1 aromatic rings. The highest BCUT2D eigenvalue weighted by Gasteiger charge is 2.26. The summed E-state index contributed by atoms with van der Waals surface area (Å²) in [6.45, 7) is 0. The Morgan fingerprint density at radius 2 is 1.96 bits per heavy atom. The summed E-state index contributed by atoms with van der Waals surface area (Å²) in [5.41, 5.74) is 10.9. The maximum atomic E-state index is 12.0. The number of halogens is 1. The predicted molar refractivity (Wildman–Crippen MR) is 94.9 cm³/mol. The van der Waals surface area contributed by atoms with Gasteiger partial charge in [-0.2, -0.15) is 0 Å². The van der Waals surface area contributed by atoms with Gasteiger partial charge in [0.2, 0.25) is 0 Å². The van der Waals surface area contributed by atoms with Crippen molar-refractivity contribution in [3.8, 4) is 0 Å². The molecular formula is C17H24BrN3O3. The fraction of sp³-hybridized carbons (Fsp3) is 0.529. The molecule has 1 unspecified atom stereocenters. The molecule has 5 N–H and O–H groups in total. The summed E-state index contributed by atoms with van der Waals surface area (Å²) in [7, 11) is 0. The Morgan fingerprint density at radius 1 is 1.25 bits per heavy atom. The van der Waals surface area contributed by atoms with E-state index >= 15 is 0 Å². The van der Waals surface area contributed by atoms with Crippen LogP contribution in [-0.4, -0.2) is 29.1 Å². The summed E-state index contributed by atoms with van der Waals surface area (Å²) in [5, 5.41) is 10.0. The minimum Gasteiger partial charge on any atom is -0.382 e. The SMILES string of the molecule is N[C@H](CC1CCCCC1)C(O)C(=O)NNC(=O)c1cccc(Br)c1. The fourth-order valence-electron chi connectivity index (χ4n) is 3.03. The van der Waals surface area contributed by atoms with Crippen molar-refractivity contribution in [3.63, 3.8) is 0 Å². The standard InChI is InChI=1S/C17H24BrN3O3/c18-13-8-4-7-12(10-13)16(23)20-21-17(24)15(22)14(19)9-11-5-2-1-3-6-11/h4,7-8,10-11,14-15,22H,1-3,5-6,9,19H2,(H,20,23)(H,21,24)/t14-,15?/m1/s1. The molecule has 1 aromatic carbocycles. The number of aliphatic hydroxyl groups is 1. The number of nitrogens with one attached hydrogen (secondary N) is 2. The van der Waals surface area contributed by atoms with Crippen molar-refractivity contribution >= 4 is 27.7 Å². The van der Waals surface area contributed by atoms with Gasteiger partial charge in [-0.25, -0.2) is 0 Å². The van der Waals surface area contributed by atoms with E-state index in [0.29, 0.717) is 17.9 Å². The molecule has 0 heterocycles. The number of amides is 2. The molecule has 7 heteroatoms. The first kappa shape index (κ1) is 18.9. The normalized spacial score (nSPS) is 17.8. The van der Waals surface area contributed by atoms with Crippen molar-refractivity contribution in [2.75, 3.05) is 0 Å². The van der Waals surface area contributed by atoms with E-state index in [0.717, 1.165) is 17.3 Å². The number of nitrogens with two attached hydrogens (primary N) is 1. The van der Waals surface area contributed by atoms with Crippen molar-refractivity contribution in [2.45, 2.75) is 50.7 Å². The second-order valence-corrected chi connectivity index (χ2v) is 7.22. The van der Waals surface area contributed by atoms with Gasteiger partial charge < -0.3 is 10.8 Å². The summed E-state index contributed by atoms with van der Waals surface area (Å²) >= 11 is 3.28. The van der Waals surface area contributed by atoms with E-state index in [-0.39, 0.29) is 0 Å². The largest absolute Gasteiger partial charge is 0.382 e. The van der Waals surface area contributed by atoms with Gasteiger partial charge in [-0.05, 0) is 30.5 Å². The van der Waals surface area contributed by atoms with Crippen molar-refractivity contribution < 1.29 is 14.7 Å². The van der Waals surface area contributed by atoms with Crippen molar-refractivity contribution in [2.24, 2.45) is 11.7 Å². The fourth-order valence-corrected chi connectivity index (χ4v) is 3.42. The first-order valence-corrected chi connectivity index (χ1v) is 9.06. The second-order valence-electron chi connectivity index (χ2n) is 6.30. The van der Waals surface area contributed by atoms with Crippen LogP contribution in [0.25, 0.3) is 0 Å². The zero-order valence-electron chi connectivity index (χ0n) is 13.5. The lowest BCUT2D eigenvalue weighted by Crippen LogP contribution is -2.52. The molecule has 2 atom stereocenters. The topological polar surface area (TPSA) is 104 Å². The van der Waals surface area contributed by atoms with Crippen molar-refractivity contribution in [1.29, 1.82) is 0 Å². The molecule has 6 nitrogen and oxygen atoms in total. The predicted octanol–water partition coefficient (Wildman–Crippen LogP) is 1.87. The lowest BCUT2D eigenvalue weighted by Gasteiger charge is -2.26. The Morgan fingerprint density at radius 3 is 2.62 bits per heavy atom. The van der Waals surface area contributed by atoms with E-state index in [1.165, 1.54) is 19.3 Å². The minimum atomic E-state index is -1.34. The van der Waals surface area contributed by atoms with Crippen LogP contribution in [0.5, 0.6) is 0 Å². The number of aliphatic hydroxyl groups excluding tert-OH is 1. The average Bonchev–Trinajstić information content (AvgIpc) is 2.59. The zero-order chi connectivity index (χ0) is 17.5. The van der Waals surface area contributed by atoms with Crippen LogP contribution in [-0.2, 0) is 4.79 Å². The van der Waals surface area contributed by atoms with E-state index in [1.807, 2.05) is 0 Å². The van der Waals surface area contributed by atoms with E-state index in [1.54, 1.807) is 24.3 Å². The quantitative estimate of drug-likeness (QED) is 0.569. The molecule has 1 saturated carbocycles. The summed E-state index contributed by atoms with van der Waals surface area (Å²) in [6, 6.07) is 6.14. The van der Waals surface area contributed by atoms with Crippen LogP contribution in [0.3, 0.4) is 0 Å². The molecule has 1 aliphatic carbocycles. The summed E-state index contributed by atoms with van der Waals surface area (Å²) in [5.74, 6) is -0.688. The van der Waals surface area contributed by atoms with Crippen LogP contribution in [0.4, 0.5) is 0 Å². The van der Waals surface area contributed by atoms with Gasteiger partial charge >= 0.3 is 0 Å². The maximum Gasteiger partial charge on any atom is 0.269 e. The molecule has 24 heavy (non-hydrogen) atoms. The third-order valence-electron chi connectivity index (χ3n) is 4.39. The van der Waals surface area contributed by atoms with E-state index < -0.39 is 24.0 Å². The highest BCUT2D eigenvalue weighted by Crippen LogP contribution is 2.27. The molecule has 0 bridgehead atoms. The number of hydrogen-bond donors (Lipinski definition) is 4. The van der Waals surface area contributed by atoms with Gasteiger partial charge in [-0.15, -0.1) is 0 Å². The zero-order valence-corrected chi connectivity index (χ0v) is 15.1. The first-order chi connectivity index (χ1) is 11.5. The Hall–Kier alpha value is -1.44. The number of carbonyl (C=O) groups excluding carboxylic acids is 2. The first-order valence-electron chi connectivity index (χ1n) is 8.27. The molecule has 2 amide bonds. The van der Waals surface area contributed by atoms with Gasteiger partial charge in [-0.3, -0.25) is 20.4 Å². The lowest BCUT2D eigenvalue weighted by molar-refractivity contribution is -0.131. The van der Waals surface area contributed by atoms with Gasteiger partial charge in [0.1, 0.15) is 6.10 Å². The van der Waals surface area contributed by atoms with Gasteiger partial charge in [0.25, 0.3) is 11.8 Å². The number of hydrogen-bond acceptors (Lipinski definition) is 4. The second kappa shape index (κ2) is 9.15. The Labute approximate surface area is 150 Å². The van der Waals surface area contributed by atoms with Gasteiger partial charge in [0, 0.05) is 16.1 Å². The minimum absolute atomic E-state index is 0.394. The van der Waals surface area contributed by atoms with Crippen LogP contribution >= 0.6 is 15.9 Å². The highest BCUT2D eigenvalue weighted by molar-refractivity contribution is 9.10. The highest BCUT2D eigenvalue weighted by atomic mass is 79.9.